The summed E-state index contributed by atoms with van der Waals surface area (Å²) >= 11 is 1.82. The third-order valence-electron chi connectivity index (χ3n) is 2.07. The standard InChI is InChI=1S/C14H21NOS/c1-10(2)13(16)15-11-6-8-12(9-7-11)17-14(3,4)5/h6-10H,1-5H3,(H,15,16). The van der Waals surface area contributed by atoms with E-state index in [1.165, 1.54) is 4.90 Å². The van der Waals surface area contributed by atoms with E-state index in [1.807, 2.05) is 49.9 Å². The van der Waals surface area contributed by atoms with Crippen LogP contribution in [0.25, 0.3) is 0 Å². The highest BCUT2D eigenvalue weighted by molar-refractivity contribution is 8.00. The summed E-state index contributed by atoms with van der Waals surface area (Å²) in [6, 6.07) is 8.00. The second-order valence-electron chi connectivity index (χ2n) is 5.38. The summed E-state index contributed by atoms with van der Waals surface area (Å²) in [6.45, 7) is 10.3. The molecule has 1 rings (SSSR count). The molecule has 0 atom stereocenters. The lowest BCUT2D eigenvalue weighted by Gasteiger charge is -2.17. The zero-order valence-electron chi connectivity index (χ0n) is 11.2. The fourth-order valence-electron chi connectivity index (χ4n) is 1.25. The van der Waals surface area contributed by atoms with Crippen molar-refractivity contribution in [2.24, 2.45) is 5.92 Å². The van der Waals surface area contributed by atoms with Crippen LogP contribution in [0.2, 0.25) is 0 Å². The van der Waals surface area contributed by atoms with Crippen molar-refractivity contribution >= 4 is 23.4 Å². The molecule has 17 heavy (non-hydrogen) atoms. The molecule has 1 N–H and O–H groups in total. The van der Waals surface area contributed by atoms with Crippen LogP contribution < -0.4 is 5.32 Å². The number of carbonyl (C=O) groups excluding carboxylic acids is 1. The molecule has 0 bridgehead atoms. The highest BCUT2D eigenvalue weighted by atomic mass is 32.2. The number of rotatable bonds is 3. The zero-order valence-corrected chi connectivity index (χ0v) is 12.0. The molecular weight excluding hydrogens is 230 g/mol. The van der Waals surface area contributed by atoms with Crippen LogP contribution >= 0.6 is 11.8 Å². The van der Waals surface area contributed by atoms with Crippen LogP contribution in [0.4, 0.5) is 5.69 Å². The SMILES string of the molecule is CC(C)C(=O)Nc1ccc(SC(C)(C)C)cc1. The van der Waals surface area contributed by atoms with Crippen LogP contribution in [0, 0.1) is 5.92 Å². The first kappa shape index (κ1) is 14.1. The summed E-state index contributed by atoms with van der Waals surface area (Å²) in [5.74, 6) is 0.0693. The molecule has 0 aromatic heterocycles. The average molecular weight is 251 g/mol. The molecule has 0 unspecified atom stereocenters. The van der Waals surface area contributed by atoms with Crippen molar-refractivity contribution in [3.8, 4) is 0 Å². The summed E-state index contributed by atoms with van der Waals surface area (Å²) in [4.78, 5) is 12.7. The highest BCUT2D eigenvalue weighted by Crippen LogP contribution is 2.32. The Balaban J connectivity index is 2.65. The Kier molecular flexibility index (Phi) is 4.63. The van der Waals surface area contributed by atoms with Gasteiger partial charge in [-0.25, -0.2) is 0 Å². The molecule has 2 nitrogen and oxygen atoms in total. The quantitative estimate of drug-likeness (QED) is 0.817. The summed E-state index contributed by atoms with van der Waals surface area (Å²) < 4.78 is 0.211. The first-order valence-corrected chi connectivity index (χ1v) is 6.69. The van der Waals surface area contributed by atoms with Gasteiger partial charge in [-0.05, 0) is 24.3 Å². The molecular formula is C14H21NOS. The van der Waals surface area contributed by atoms with Crippen molar-refractivity contribution < 1.29 is 4.79 Å². The van der Waals surface area contributed by atoms with Gasteiger partial charge in [0.2, 0.25) is 5.91 Å². The van der Waals surface area contributed by atoms with Gasteiger partial charge in [0.25, 0.3) is 0 Å². The number of hydrogen-bond acceptors (Lipinski definition) is 2. The number of thioether (sulfide) groups is 1. The van der Waals surface area contributed by atoms with Crippen LogP contribution in [0.5, 0.6) is 0 Å². The molecule has 0 saturated carbocycles. The van der Waals surface area contributed by atoms with Crippen molar-refractivity contribution in [1.82, 2.24) is 0 Å². The van der Waals surface area contributed by atoms with Crippen molar-refractivity contribution in [1.29, 1.82) is 0 Å². The van der Waals surface area contributed by atoms with Crippen molar-refractivity contribution in [2.45, 2.75) is 44.3 Å². The maximum Gasteiger partial charge on any atom is 0.226 e. The highest BCUT2D eigenvalue weighted by Gasteiger charge is 2.12. The Labute approximate surface area is 108 Å². The van der Waals surface area contributed by atoms with Crippen molar-refractivity contribution in [2.75, 3.05) is 5.32 Å². The molecule has 0 aliphatic rings. The lowest BCUT2D eigenvalue weighted by atomic mass is 10.2. The summed E-state index contributed by atoms with van der Waals surface area (Å²) in [7, 11) is 0. The van der Waals surface area contributed by atoms with Gasteiger partial charge in [0.15, 0.2) is 0 Å². The van der Waals surface area contributed by atoms with Crippen LogP contribution in [0.3, 0.4) is 0 Å². The Morgan fingerprint density at radius 2 is 1.71 bits per heavy atom. The molecule has 1 aromatic carbocycles. The lowest BCUT2D eigenvalue weighted by molar-refractivity contribution is -0.118. The van der Waals surface area contributed by atoms with Crippen molar-refractivity contribution in [3.63, 3.8) is 0 Å². The second-order valence-corrected chi connectivity index (χ2v) is 7.28. The van der Waals surface area contributed by atoms with Gasteiger partial charge in [-0.15, -0.1) is 11.8 Å². The van der Waals surface area contributed by atoms with E-state index in [4.69, 9.17) is 0 Å². The Hall–Kier alpha value is -0.960. The minimum atomic E-state index is 0.0126. The third kappa shape index (κ3) is 5.26. The predicted octanol–water partition coefficient (Wildman–Crippen LogP) is 4.17. The topological polar surface area (TPSA) is 29.1 Å². The van der Waals surface area contributed by atoms with E-state index in [0.717, 1.165) is 5.69 Å². The molecule has 0 saturated heterocycles. The molecule has 0 aliphatic heterocycles. The van der Waals surface area contributed by atoms with Crippen LogP contribution in [0.15, 0.2) is 29.2 Å². The number of carbonyl (C=O) groups is 1. The fraction of sp³-hybridized carbons (Fsp3) is 0.500. The number of benzene rings is 1. The van der Waals surface area contributed by atoms with Gasteiger partial charge in [0.05, 0.1) is 0 Å². The molecule has 1 amide bonds. The lowest BCUT2D eigenvalue weighted by Crippen LogP contribution is -2.17. The number of nitrogens with one attached hydrogen (secondary N) is 1. The smallest absolute Gasteiger partial charge is 0.226 e. The number of amides is 1. The minimum absolute atomic E-state index is 0.0126. The third-order valence-corrected chi connectivity index (χ3v) is 3.19. The monoisotopic (exact) mass is 251 g/mol. The molecule has 0 radical (unpaired) electrons. The van der Waals surface area contributed by atoms with Gasteiger partial charge < -0.3 is 5.32 Å². The van der Waals surface area contributed by atoms with E-state index in [2.05, 4.69) is 26.1 Å². The van der Waals surface area contributed by atoms with E-state index >= 15 is 0 Å². The van der Waals surface area contributed by atoms with Gasteiger partial charge >= 0.3 is 0 Å². The molecule has 3 heteroatoms. The molecule has 0 heterocycles. The van der Waals surface area contributed by atoms with Gasteiger partial charge in [0, 0.05) is 21.2 Å². The normalized spacial score (nSPS) is 11.6. The largest absolute Gasteiger partial charge is 0.326 e. The van der Waals surface area contributed by atoms with Crippen LogP contribution in [-0.4, -0.2) is 10.7 Å². The van der Waals surface area contributed by atoms with E-state index in [9.17, 15) is 4.79 Å². The maximum absolute atomic E-state index is 11.5. The Morgan fingerprint density at radius 1 is 1.18 bits per heavy atom. The second kappa shape index (κ2) is 5.58. The van der Waals surface area contributed by atoms with Gasteiger partial charge in [-0.2, -0.15) is 0 Å². The summed E-state index contributed by atoms with van der Waals surface area (Å²) in [6.07, 6.45) is 0. The fourth-order valence-corrected chi connectivity index (χ4v) is 2.23. The van der Waals surface area contributed by atoms with Crippen LogP contribution in [-0.2, 0) is 4.79 Å². The van der Waals surface area contributed by atoms with E-state index in [1.54, 1.807) is 0 Å². The van der Waals surface area contributed by atoms with E-state index < -0.39 is 0 Å². The van der Waals surface area contributed by atoms with Crippen molar-refractivity contribution in [3.05, 3.63) is 24.3 Å². The summed E-state index contributed by atoms with van der Waals surface area (Å²) in [5, 5.41) is 2.88. The van der Waals surface area contributed by atoms with Gasteiger partial charge in [0.1, 0.15) is 0 Å². The van der Waals surface area contributed by atoms with Gasteiger partial charge in [-0.1, -0.05) is 34.6 Å². The Bertz CT molecular complexity index is 376. The van der Waals surface area contributed by atoms with Crippen LogP contribution in [0.1, 0.15) is 34.6 Å². The van der Waals surface area contributed by atoms with Gasteiger partial charge in [-0.3, -0.25) is 4.79 Å². The zero-order chi connectivity index (χ0) is 13.1. The maximum atomic E-state index is 11.5. The molecule has 0 spiro atoms. The average Bonchev–Trinajstić information content (AvgIpc) is 2.18. The predicted molar refractivity (Wildman–Crippen MR) is 75.5 cm³/mol. The molecule has 0 aliphatic carbocycles. The molecule has 1 aromatic rings. The van der Waals surface area contributed by atoms with E-state index in [-0.39, 0.29) is 16.6 Å². The number of hydrogen-bond donors (Lipinski definition) is 1. The first-order chi connectivity index (χ1) is 7.78. The van der Waals surface area contributed by atoms with E-state index in [0.29, 0.717) is 0 Å². The molecule has 94 valence electrons. The number of anilines is 1. The Morgan fingerprint density at radius 3 is 2.12 bits per heavy atom. The molecule has 0 fully saturated rings. The summed E-state index contributed by atoms with van der Waals surface area (Å²) in [5.41, 5.74) is 0.863. The minimum Gasteiger partial charge on any atom is -0.326 e. The first-order valence-electron chi connectivity index (χ1n) is 5.88.